The van der Waals surface area contributed by atoms with Gasteiger partial charge in [-0.25, -0.2) is 4.79 Å². The zero-order valence-electron chi connectivity index (χ0n) is 16.7. The van der Waals surface area contributed by atoms with E-state index in [1.54, 1.807) is 43.3 Å². The second-order valence-corrected chi connectivity index (χ2v) is 7.16. The molecular weight excluding hydrogens is 402 g/mol. The number of rotatable bonds is 7. The molecular formula is C24H22ClNO4. The van der Waals surface area contributed by atoms with Gasteiger partial charge < -0.3 is 14.8 Å². The van der Waals surface area contributed by atoms with Crippen molar-refractivity contribution >= 4 is 29.2 Å². The number of anilines is 1. The molecule has 0 saturated heterocycles. The van der Waals surface area contributed by atoms with Crippen molar-refractivity contribution in [3.05, 3.63) is 94.5 Å². The smallest absolute Gasteiger partial charge is 0.347 e. The molecule has 3 rings (SSSR count). The summed E-state index contributed by atoms with van der Waals surface area (Å²) in [6, 6.07) is 21.3. The topological polar surface area (TPSA) is 64.6 Å². The Morgan fingerprint density at radius 2 is 1.63 bits per heavy atom. The normalized spacial score (nSPS) is 11.4. The van der Waals surface area contributed by atoms with Crippen molar-refractivity contribution in [2.45, 2.75) is 26.6 Å². The molecule has 0 bridgehead atoms. The summed E-state index contributed by atoms with van der Waals surface area (Å²) in [5, 5.41) is 3.42. The molecule has 0 aliphatic carbocycles. The Morgan fingerprint density at radius 3 is 2.33 bits per heavy atom. The average Bonchev–Trinajstić information content (AvgIpc) is 2.75. The monoisotopic (exact) mass is 423 g/mol. The lowest BCUT2D eigenvalue weighted by Crippen LogP contribution is -2.26. The fourth-order valence-electron chi connectivity index (χ4n) is 2.73. The molecule has 1 amide bonds. The highest BCUT2D eigenvalue weighted by Gasteiger charge is 2.17. The number of benzene rings is 3. The number of aryl methyl sites for hydroxylation is 1. The molecule has 1 unspecified atom stereocenters. The van der Waals surface area contributed by atoms with Crippen LogP contribution in [0, 0.1) is 6.92 Å². The van der Waals surface area contributed by atoms with Gasteiger partial charge in [-0.1, -0.05) is 48.0 Å². The van der Waals surface area contributed by atoms with Crippen LogP contribution in [-0.4, -0.2) is 18.0 Å². The van der Waals surface area contributed by atoms with E-state index in [4.69, 9.17) is 21.1 Å². The highest BCUT2D eigenvalue weighted by molar-refractivity contribution is 6.31. The van der Waals surface area contributed by atoms with Crippen molar-refractivity contribution in [2.75, 3.05) is 5.32 Å². The van der Waals surface area contributed by atoms with E-state index < -0.39 is 12.1 Å². The maximum absolute atomic E-state index is 12.4. The number of carbonyl (C=O) groups is 2. The number of esters is 1. The van der Waals surface area contributed by atoms with Crippen molar-refractivity contribution < 1.29 is 19.1 Å². The lowest BCUT2D eigenvalue weighted by Gasteiger charge is -2.15. The van der Waals surface area contributed by atoms with Crippen molar-refractivity contribution in [3.63, 3.8) is 0 Å². The van der Waals surface area contributed by atoms with E-state index in [-0.39, 0.29) is 12.5 Å². The van der Waals surface area contributed by atoms with Gasteiger partial charge in [0.2, 0.25) is 0 Å². The van der Waals surface area contributed by atoms with E-state index in [1.165, 1.54) is 0 Å². The molecule has 0 heterocycles. The summed E-state index contributed by atoms with van der Waals surface area (Å²) in [7, 11) is 0. The van der Waals surface area contributed by atoms with Crippen LogP contribution in [0.4, 0.5) is 5.69 Å². The number of hydrogen-bond donors (Lipinski definition) is 1. The maximum Gasteiger partial charge on any atom is 0.347 e. The van der Waals surface area contributed by atoms with Gasteiger partial charge in [-0.3, -0.25) is 4.79 Å². The molecule has 0 saturated carbocycles. The van der Waals surface area contributed by atoms with Gasteiger partial charge >= 0.3 is 5.97 Å². The molecule has 3 aromatic rings. The summed E-state index contributed by atoms with van der Waals surface area (Å²) in [6.45, 7) is 3.61. The molecule has 6 heteroatoms. The van der Waals surface area contributed by atoms with Crippen molar-refractivity contribution in [3.8, 4) is 5.75 Å². The summed E-state index contributed by atoms with van der Waals surface area (Å²) in [6.07, 6.45) is -0.806. The van der Waals surface area contributed by atoms with E-state index in [1.807, 2.05) is 43.3 Å². The van der Waals surface area contributed by atoms with Gasteiger partial charge in [-0.2, -0.15) is 0 Å². The Bertz CT molecular complexity index is 1030. The molecule has 0 aliphatic rings. The van der Waals surface area contributed by atoms with Gasteiger partial charge in [-0.15, -0.1) is 0 Å². The lowest BCUT2D eigenvalue weighted by atomic mass is 10.1. The van der Waals surface area contributed by atoms with Gasteiger partial charge in [0.25, 0.3) is 5.91 Å². The van der Waals surface area contributed by atoms with Gasteiger partial charge in [-0.05, 0) is 55.8 Å². The minimum atomic E-state index is -0.806. The molecule has 30 heavy (non-hydrogen) atoms. The predicted molar refractivity (Wildman–Crippen MR) is 117 cm³/mol. The summed E-state index contributed by atoms with van der Waals surface area (Å²) >= 11 is 6.06. The molecule has 0 radical (unpaired) electrons. The van der Waals surface area contributed by atoms with Gasteiger partial charge in [0.05, 0.1) is 0 Å². The fraction of sp³-hybridized carbons (Fsp3) is 0.167. The molecule has 3 aromatic carbocycles. The van der Waals surface area contributed by atoms with E-state index >= 15 is 0 Å². The standard InChI is InChI=1S/C24H22ClNO4/c1-16-7-3-6-10-22(16)26-23(27)18-11-13-20(14-12-18)30-17(2)24(28)29-15-19-8-4-5-9-21(19)25/h3-14,17H,15H2,1-2H3,(H,26,27). The highest BCUT2D eigenvalue weighted by Crippen LogP contribution is 2.19. The first-order valence-corrected chi connectivity index (χ1v) is 9.85. The lowest BCUT2D eigenvalue weighted by molar-refractivity contribution is -0.152. The summed E-state index contributed by atoms with van der Waals surface area (Å²) in [5.41, 5.74) is 2.95. The van der Waals surface area contributed by atoms with Crippen LogP contribution < -0.4 is 10.1 Å². The zero-order valence-corrected chi connectivity index (χ0v) is 17.5. The van der Waals surface area contributed by atoms with E-state index in [0.717, 1.165) is 16.8 Å². The number of halogens is 1. The number of ether oxygens (including phenoxy) is 2. The Morgan fingerprint density at radius 1 is 0.967 bits per heavy atom. The van der Waals surface area contributed by atoms with Crippen molar-refractivity contribution in [2.24, 2.45) is 0 Å². The van der Waals surface area contributed by atoms with Crippen LogP contribution in [0.5, 0.6) is 5.75 Å². The third kappa shape index (κ3) is 5.61. The number of para-hydroxylation sites is 1. The number of nitrogens with one attached hydrogen (secondary N) is 1. The molecule has 0 spiro atoms. The van der Waals surface area contributed by atoms with Crippen LogP contribution >= 0.6 is 11.6 Å². The van der Waals surface area contributed by atoms with Gasteiger partial charge in [0.1, 0.15) is 12.4 Å². The quantitative estimate of drug-likeness (QED) is 0.516. The van der Waals surface area contributed by atoms with Crippen LogP contribution in [-0.2, 0) is 16.1 Å². The van der Waals surface area contributed by atoms with E-state index in [9.17, 15) is 9.59 Å². The first-order valence-electron chi connectivity index (χ1n) is 9.48. The SMILES string of the molecule is Cc1ccccc1NC(=O)c1ccc(OC(C)C(=O)OCc2ccccc2Cl)cc1. The second kappa shape index (κ2) is 9.94. The van der Waals surface area contributed by atoms with Crippen LogP contribution in [0.25, 0.3) is 0 Å². The van der Waals surface area contributed by atoms with Crippen LogP contribution in [0.2, 0.25) is 5.02 Å². The molecule has 154 valence electrons. The zero-order chi connectivity index (χ0) is 21.5. The van der Waals surface area contributed by atoms with Crippen LogP contribution in [0.1, 0.15) is 28.4 Å². The van der Waals surface area contributed by atoms with Crippen LogP contribution in [0.3, 0.4) is 0 Å². The largest absolute Gasteiger partial charge is 0.479 e. The molecule has 0 fully saturated rings. The molecule has 0 aliphatic heterocycles. The average molecular weight is 424 g/mol. The maximum atomic E-state index is 12.4. The Kier molecular flexibility index (Phi) is 7.09. The molecule has 1 atom stereocenters. The van der Waals surface area contributed by atoms with E-state index in [0.29, 0.717) is 16.3 Å². The number of hydrogen-bond acceptors (Lipinski definition) is 4. The summed E-state index contributed by atoms with van der Waals surface area (Å²) < 4.78 is 10.9. The fourth-order valence-corrected chi connectivity index (χ4v) is 2.92. The second-order valence-electron chi connectivity index (χ2n) is 6.75. The third-order valence-corrected chi connectivity index (χ3v) is 4.85. The first-order chi connectivity index (χ1) is 14.4. The molecule has 0 aromatic heterocycles. The Balaban J connectivity index is 1.54. The minimum absolute atomic E-state index is 0.0736. The Labute approximate surface area is 180 Å². The third-order valence-electron chi connectivity index (χ3n) is 4.48. The molecule has 5 nitrogen and oxygen atoms in total. The summed E-state index contributed by atoms with van der Waals surface area (Å²) in [4.78, 5) is 24.6. The number of amides is 1. The highest BCUT2D eigenvalue weighted by atomic mass is 35.5. The minimum Gasteiger partial charge on any atom is -0.479 e. The van der Waals surface area contributed by atoms with Crippen molar-refractivity contribution in [1.82, 2.24) is 0 Å². The predicted octanol–water partition coefficient (Wildman–Crippen LogP) is 5.41. The van der Waals surface area contributed by atoms with Gasteiger partial charge in [0, 0.05) is 21.8 Å². The van der Waals surface area contributed by atoms with Crippen molar-refractivity contribution in [1.29, 1.82) is 0 Å². The van der Waals surface area contributed by atoms with E-state index in [2.05, 4.69) is 5.32 Å². The first kappa shape index (κ1) is 21.4. The number of carbonyl (C=O) groups excluding carboxylic acids is 2. The Hall–Kier alpha value is -3.31. The summed E-state index contributed by atoms with van der Waals surface area (Å²) in [5.74, 6) is -0.260. The van der Waals surface area contributed by atoms with Gasteiger partial charge in [0.15, 0.2) is 6.10 Å². The molecule has 1 N–H and O–H groups in total. The van der Waals surface area contributed by atoms with Crippen LogP contribution in [0.15, 0.2) is 72.8 Å².